The Morgan fingerprint density at radius 2 is 2.21 bits per heavy atom. The summed E-state index contributed by atoms with van der Waals surface area (Å²) in [6.07, 6.45) is 9.53. The first-order valence-electron chi connectivity index (χ1n) is 5.94. The standard InChI is InChI=1S/C13H18O/c1-9-7-10-4-6-13(12(10)14)5-2-3-11(13)8-9/h8,10-11H,2-7H2,1H3/t10-,11-,13+/m0/s1. The predicted molar refractivity (Wildman–Crippen MR) is 55.9 cm³/mol. The highest BCUT2D eigenvalue weighted by Gasteiger charge is 2.54. The number of rotatable bonds is 0. The monoisotopic (exact) mass is 190 g/mol. The summed E-state index contributed by atoms with van der Waals surface area (Å²) in [6.45, 7) is 2.21. The fraction of sp³-hybridized carbons (Fsp3) is 0.769. The van der Waals surface area contributed by atoms with E-state index in [-0.39, 0.29) is 5.41 Å². The van der Waals surface area contributed by atoms with E-state index in [0.29, 0.717) is 17.6 Å². The van der Waals surface area contributed by atoms with Gasteiger partial charge in [0.2, 0.25) is 0 Å². The molecule has 2 fully saturated rings. The van der Waals surface area contributed by atoms with Gasteiger partial charge in [0.1, 0.15) is 5.78 Å². The van der Waals surface area contributed by atoms with Crippen molar-refractivity contribution in [1.82, 2.24) is 0 Å². The summed E-state index contributed by atoms with van der Waals surface area (Å²) in [5.74, 6) is 1.60. The van der Waals surface area contributed by atoms with Crippen molar-refractivity contribution in [3.05, 3.63) is 11.6 Å². The van der Waals surface area contributed by atoms with Crippen LogP contribution in [0.1, 0.15) is 45.4 Å². The number of carbonyl (C=O) groups excluding carboxylic acids is 1. The Hall–Kier alpha value is -0.590. The average molecular weight is 190 g/mol. The summed E-state index contributed by atoms with van der Waals surface area (Å²) < 4.78 is 0. The van der Waals surface area contributed by atoms with Gasteiger partial charge in [-0.2, -0.15) is 0 Å². The van der Waals surface area contributed by atoms with E-state index in [1.54, 1.807) is 0 Å². The zero-order chi connectivity index (χ0) is 9.76. The molecule has 0 radical (unpaired) electrons. The number of allylic oxidation sites excluding steroid dienone is 2. The lowest BCUT2D eigenvalue weighted by Gasteiger charge is -2.26. The first-order chi connectivity index (χ1) is 6.72. The Morgan fingerprint density at radius 1 is 1.36 bits per heavy atom. The van der Waals surface area contributed by atoms with Crippen LogP contribution >= 0.6 is 0 Å². The number of Topliss-reactive ketones (excluding diaryl/α,β-unsaturated/α-hetero) is 1. The minimum atomic E-state index is 0.114. The van der Waals surface area contributed by atoms with Gasteiger partial charge in [0, 0.05) is 11.3 Å². The summed E-state index contributed by atoms with van der Waals surface area (Å²) in [7, 11) is 0. The molecule has 0 aromatic rings. The molecule has 1 nitrogen and oxygen atoms in total. The highest BCUT2D eigenvalue weighted by molar-refractivity contribution is 5.90. The van der Waals surface area contributed by atoms with Crippen molar-refractivity contribution in [3.63, 3.8) is 0 Å². The van der Waals surface area contributed by atoms with E-state index in [9.17, 15) is 4.79 Å². The van der Waals surface area contributed by atoms with Crippen LogP contribution in [0.2, 0.25) is 0 Å². The molecule has 0 heterocycles. The second-order valence-corrected chi connectivity index (χ2v) is 5.47. The molecule has 1 spiro atoms. The van der Waals surface area contributed by atoms with Gasteiger partial charge < -0.3 is 0 Å². The van der Waals surface area contributed by atoms with Crippen molar-refractivity contribution in [1.29, 1.82) is 0 Å². The van der Waals surface area contributed by atoms with Crippen LogP contribution in [-0.4, -0.2) is 5.78 Å². The molecule has 3 rings (SSSR count). The van der Waals surface area contributed by atoms with E-state index in [2.05, 4.69) is 13.0 Å². The maximum atomic E-state index is 12.3. The second-order valence-electron chi connectivity index (χ2n) is 5.47. The number of hydrogen-bond acceptors (Lipinski definition) is 1. The van der Waals surface area contributed by atoms with Gasteiger partial charge in [-0.05, 0) is 44.9 Å². The van der Waals surface area contributed by atoms with Crippen LogP contribution in [0.3, 0.4) is 0 Å². The Labute approximate surface area is 85.6 Å². The van der Waals surface area contributed by atoms with Crippen molar-refractivity contribution in [2.45, 2.75) is 45.4 Å². The Balaban J connectivity index is 2.09. The van der Waals surface area contributed by atoms with Gasteiger partial charge in [-0.1, -0.05) is 18.1 Å². The maximum absolute atomic E-state index is 12.3. The summed E-state index contributed by atoms with van der Waals surface area (Å²) >= 11 is 0. The van der Waals surface area contributed by atoms with Crippen LogP contribution in [0, 0.1) is 17.3 Å². The molecule has 0 aliphatic heterocycles. The molecule has 2 bridgehead atoms. The smallest absolute Gasteiger partial charge is 0.143 e. The zero-order valence-electron chi connectivity index (χ0n) is 8.88. The quantitative estimate of drug-likeness (QED) is 0.536. The van der Waals surface area contributed by atoms with Gasteiger partial charge >= 0.3 is 0 Å². The second kappa shape index (κ2) is 2.71. The van der Waals surface area contributed by atoms with Crippen molar-refractivity contribution in [2.75, 3.05) is 0 Å². The van der Waals surface area contributed by atoms with Gasteiger partial charge in [-0.15, -0.1) is 0 Å². The minimum Gasteiger partial charge on any atom is -0.299 e. The predicted octanol–water partition coefficient (Wildman–Crippen LogP) is 3.10. The maximum Gasteiger partial charge on any atom is 0.143 e. The van der Waals surface area contributed by atoms with Crippen molar-refractivity contribution < 1.29 is 4.79 Å². The molecular formula is C13H18O. The highest BCUT2D eigenvalue weighted by atomic mass is 16.1. The number of hydrogen-bond donors (Lipinski definition) is 0. The van der Waals surface area contributed by atoms with E-state index in [4.69, 9.17) is 0 Å². The third-order valence-electron chi connectivity index (χ3n) is 4.70. The molecule has 2 saturated carbocycles. The molecule has 0 N–H and O–H groups in total. The van der Waals surface area contributed by atoms with Gasteiger partial charge in [0.15, 0.2) is 0 Å². The molecule has 14 heavy (non-hydrogen) atoms. The zero-order valence-corrected chi connectivity index (χ0v) is 8.88. The van der Waals surface area contributed by atoms with Crippen LogP contribution in [0.15, 0.2) is 11.6 Å². The molecule has 76 valence electrons. The number of carbonyl (C=O) groups is 1. The highest BCUT2D eigenvalue weighted by Crippen LogP contribution is 2.57. The first-order valence-corrected chi connectivity index (χ1v) is 5.94. The summed E-state index contributed by atoms with van der Waals surface area (Å²) in [4.78, 5) is 12.3. The van der Waals surface area contributed by atoms with Crippen LogP contribution < -0.4 is 0 Å². The molecule has 0 amide bonds. The Morgan fingerprint density at radius 3 is 3.07 bits per heavy atom. The van der Waals surface area contributed by atoms with Crippen LogP contribution in [0.25, 0.3) is 0 Å². The van der Waals surface area contributed by atoms with Crippen molar-refractivity contribution in [3.8, 4) is 0 Å². The molecule has 0 aromatic heterocycles. The van der Waals surface area contributed by atoms with E-state index in [1.807, 2.05) is 0 Å². The SMILES string of the molecule is CC1=C[C@@H]2CCC[C@@]23CC[C@@H](C1)C3=O. The summed E-state index contributed by atoms with van der Waals surface area (Å²) in [5, 5.41) is 0. The third kappa shape index (κ3) is 0.933. The molecule has 3 atom stereocenters. The molecule has 0 saturated heterocycles. The molecule has 1 heteroatoms. The lowest BCUT2D eigenvalue weighted by Crippen LogP contribution is -2.30. The van der Waals surface area contributed by atoms with E-state index < -0.39 is 0 Å². The molecule has 3 aliphatic rings. The summed E-state index contributed by atoms with van der Waals surface area (Å²) in [6, 6.07) is 0. The van der Waals surface area contributed by atoms with Crippen LogP contribution in [0.5, 0.6) is 0 Å². The fourth-order valence-corrected chi connectivity index (χ4v) is 4.05. The summed E-state index contributed by atoms with van der Waals surface area (Å²) in [5.41, 5.74) is 1.58. The largest absolute Gasteiger partial charge is 0.299 e. The molecule has 0 unspecified atom stereocenters. The number of ketones is 1. The van der Waals surface area contributed by atoms with Gasteiger partial charge in [0.25, 0.3) is 0 Å². The van der Waals surface area contributed by atoms with E-state index in [0.717, 1.165) is 6.42 Å². The Kier molecular flexibility index (Phi) is 1.68. The van der Waals surface area contributed by atoms with Crippen LogP contribution in [-0.2, 0) is 4.79 Å². The lowest BCUT2D eigenvalue weighted by molar-refractivity contribution is -0.129. The van der Waals surface area contributed by atoms with Crippen molar-refractivity contribution >= 4 is 5.78 Å². The topological polar surface area (TPSA) is 17.1 Å². The molecule has 3 aliphatic carbocycles. The third-order valence-corrected chi connectivity index (χ3v) is 4.70. The minimum absolute atomic E-state index is 0.114. The van der Waals surface area contributed by atoms with Gasteiger partial charge in [-0.25, -0.2) is 0 Å². The van der Waals surface area contributed by atoms with Crippen molar-refractivity contribution in [2.24, 2.45) is 17.3 Å². The number of fused-ring (bicyclic) bond motifs is 1. The lowest BCUT2D eigenvalue weighted by atomic mass is 9.75. The average Bonchev–Trinajstić information content (AvgIpc) is 2.62. The van der Waals surface area contributed by atoms with Crippen LogP contribution in [0.4, 0.5) is 0 Å². The van der Waals surface area contributed by atoms with Gasteiger partial charge in [-0.3, -0.25) is 4.79 Å². The van der Waals surface area contributed by atoms with E-state index in [1.165, 1.54) is 37.7 Å². The first kappa shape index (κ1) is 8.70. The van der Waals surface area contributed by atoms with Gasteiger partial charge in [0.05, 0.1) is 0 Å². The Bertz CT molecular complexity index is 315. The molecular weight excluding hydrogens is 172 g/mol. The normalized spacial score (nSPS) is 46.1. The molecule has 0 aromatic carbocycles. The fourth-order valence-electron chi connectivity index (χ4n) is 4.05. The van der Waals surface area contributed by atoms with E-state index >= 15 is 0 Å².